The minimum absolute atomic E-state index is 0.205. The number of fused-ring (bicyclic) bond motifs is 3. The molecule has 0 aliphatic carbocycles. The van der Waals surface area contributed by atoms with Crippen LogP contribution in [0.1, 0.15) is 12.2 Å². The molecule has 3 N–H and O–H groups in total. The lowest BCUT2D eigenvalue weighted by atomic mass is 9.87. The Hall–Kier alpha value is -3.53. The first-order chi connectivity index (χ1) is 16.1. The molecule has 10 heteroatoms. The van der Waals surface area contributed by atoms with Crippen LogP contribution in [0.2, 0.25) is 0 Å². The molecule has 0 radical (unpaired) electrons. The summed E-state index contributed by atoms with van der Waals surface area (Å²) in [6.45, 7) is 5.76. The number of aryl methyl sites for hydroxylation is 1. The number of H-pyrrole nitrogens is 1. The molecule has 3 aromatic heterocycles. The summed E-state index contributed by atoms with van der Waals surface area (Å²) < 4.78 is 20.4. The molecule has 0 bridgehead atoms. The number of hydrogen-bond donors (Lipinski definition) is 3. The molecule has 5 heterocycles. The van der Waals surface area contributed by atoms with Gasteiger partial charge in [0.2, 0.25) is 0 Å². The number of aromatic amines is 1. The van der Waals surface area contributed by atoms with E-state index in [4.69, 9.17) is 9.72 Å². The predicted molar refractivity (Wildman–Crippen MR) is 124 cm³/mol. The quantitative estimate of drug-likeness (QED) is 0.428. The summed E-state index contributed by atoms with van der Waals surface area (Å²) in [5.41, 5.74) is 2.07. The van der Waals surface area contributed by atoms with Crippen molar-refractivity contribution in [2.45, 2.75) is 13.3 Å². The van der Waals surface area contributed by atoms with Gasteiger partial charge < -0.3 is 25.3 Å². The topological polar surface area (TPSA) is 104 Å². The second kappa shape index (κ2) is 7.80. The fourth-order valence-electron chi connectivity index (χ4n) is 4.84. The van der Waals surface area contributed by atoms with Crippen LogP contribution < -0.4 is 20.3 Å². The Morgan fingerprint density at radius 1 is 1.15 bits per heavy atom. The molecule has 2 aliphatic heterocycles. The Morgan fingerprint density at radius 3 is 2.70 bits per heavy atom. The second-order valence-corrected chi connectivity index (χ2v) is 8.79. The zero-order chi connectivity index (χ0) is 22.5. The lowest BCUT2D eigenvalue weighted by Crippen LogP contribution is -2.46. The molecule has 0 spiro atoms. The first-order valence-electron chi connectivity index (χ1n) is 11.2. The normalized spacial score (nSPS) is 18.8. The van der Waals surface area contributed by atoms with Gasteiger partial charge in [0, 0.05) is 25.5 Å². The molecule has 9 nitrogen and oxygen atoms in total. The average molecular weight is 449 g/mol. The molecule has 4 aromatic rings. The third-order valence-electron chi connectivity index (χ3n) is 6.72. The van der Waals surface area contributed by atoms with Gasteiger partial charge in [-0.25, -0.2) is 14.4 Å². The highest BCUT2D eigenvalue weighted by atomic mass is 19.1. The van der Waals surface area contributed by atoms with E-state index in [-0.39, 0.29) is 11.8 Å². The Balaban J connectivity index is 1.49. The molecular weight excluding hydrogens is 423 g/mol. The molecule has 6 rings (SSSR count). The lowest BCUT2D eigenvalue weighted by Gasteiger charge is -2.32. The number of ether oxygens (including phenoxy) is 1. The van der Waals surface area contributed by atoms with Crippen molar-refractivity contribution in [3.05, 3.63) is 36.2 Å². The molecule has 1 atom stereocenters. The van der Waals surface area contributed by atoms with Crippen molar-refractivity contribution in [1.82, 2.24) is 30.2 Å². The van der Waals surface area contributed by atoms with Gasteiger partial charge in [-0.1, -0.05) is 0 Å². The number of aromatic nitrogens is 5. The molecule has 0 saturated carbocycles. The minimum atomic E-state index is -0.310. The summed E-state index contributed by atoms with van der Waals surface area (Å²) in [6.07, 6.45) is 4.31. The summed E-state index contributed by atoms with van der Waals surface area (Å²) in [5, 5.41) is 8.00. The molecule has 1 aromatic carbocycles. The molecular formula is C23H25FN8O. The lowest BCUT2D eigenvalue weighted by molar-refractivity contribution is 0.250. The number of halogens is 1. The van der Waals surface area contributed by atoms with E-state index in [0.717, 1.165) is 54.7 Å². The molecule has 2 fully saturated rings. The number of nitrogens with one attached hydrogen (secondary N) is 3. The van der Waals surface area contributed by atoms with Crippen molar-refractivity contribution >= 4 is 33.4 Å². The van der Waals surface area contributed by atoms with Crippen molar-refractivity contribution in [3.63, 3.8) is 0 Å². The summed E-state index contributed by atoms with van der Waals surface area (Å²) in [7, 11) is 1.77. The first-order valence-corrected chi connectivity index (χ1v) is 11.2. The summed E-state index contributed by atoms with van der Waals surface area (Å²) in [6, 6.07) is 3.22. The van der Waals surface area contributed by atoms with Gasteiger partial charge in [0.25, 0.3) is 0 Å². The largest absolute Gasteiger partial charge is 0.421 e. The smallest absolute Gasteiger partial charge is 0.326 e. The van der Waals surface area contributed by atoms with Gasteiger partial charge in [-0.2, -0.15) is 9.97 Å². The van der Waals surface area contributed by atoms with E-state index in [1.807, 2.05) is 6.92 Å². The van der Waals surface area contributed by atoms with E-state index >= 15 is 0 Å². The maximum atomic E-state index is 14.5. The fraction of sp³-hybridized carbons (Fsp3) is 0.391. The van der Waals surface area contributed by atoms with Crippen LogP contribution in [0.25, 0.3) is 21.9 Å². The van der Waals surface area contributed by atoms with Crippen molar-refractivity contribution in [2.24, 2.45) is 11.8 Å². The van der Waals surface area contributed by atoms with Crippen molar-refractivity contribution < 1.29 is 9.13 Å². The van der Waals surface area contributed by atoms with Crippen LogP contribution in [0.5, 0.6) is 11.8 Å². The standard InChI is InChI=1S/C23H25FN8O/c1-12-27-9-16(10-28-12)33-23-30-21-19(17-5-15(24)6-18(25-2)20(17)29-21)22(31-23)32-4-3-13(11-32)14-7-26-8-14/h5-6,9-10,13-14,25-26H,3-4,7-8,11H2,1-2H3,(H,29,30,31). The van der Waals surface area contributed by atoms with E-state index in [2.05, 4.69) is 35.5 Å². The van der Waals surface area contributed by atoms with E-state index in [9.17, 15) is 4.39 Å². The fourth-order valence-corrected chi connectivity index (χ4v) is 4.84. The maximum Gasteiger partial charge on any atom is 0.326 e. The monoisotopic (exact) mass is 448 g/mol. The van der Waals surface area contributed by atoms with Gasteiger partial charge in [-0.15, -0.1) is 0 Å². The number of nitrogens with zero attached hydrogens (tertiary/aromatic N) is 5. The van der Waals surface area contributed by atoms with Crippen LogP contribution >= 0.6 is 0 Å². The summed E-state index contributed by atoms with van der Waals surface area (Å²) >= 11 is 0. The molecule has 1 unspecified atom stereocenters. The SMILES string of the molecule is CNc1cc(F)cc2c1[nH]c1nc(Oc3cnc(C)nc3)nc(N3CCC(C4CNC4)C3)c12. The summed E-state index contributed by atoms with van der Waals surface area (Å²) in [5.74, 6) is 2.88. The van der Waals surface area contributed by atoms with Crippen molar-refractivity contribution in [2.75, 3.05) is 43.4 Å². The van der Waals surface area contributed by atoms with E-state index in [1.54, 1.807) is 25.5 Å². The number of benzene rings is 1. The highest BCUT2D eigenvalue weighted by Crippen LogP contribution is 2.39. The highest BCUT2D eigenvalue weighted by molar-refractivity contribution is 6.14. The maximum absolute atomic E-state index is 14.5. The van der Waals surface area contributed by atoms with Gasteiger partial charge in [-0.3, -0.25) is 0 Å². The van der Waals surface area contributed by atoms with Crippen LogP contribution in [0.15, 0.2) is 24.5 Å². The number of anilines is 2. The Labute approximate surface area is 189 Å². The van der Waals surface area contributed by atoms with E-state index in [1.165, 1.54) is 6.07 Å². The minimum Gasteiger partial charge on any atom is -0.421 e. The molecule has 0 amide bonds. The number of rotatable bonds is 5. The third kappa shape index (κ3) is 3.50. The van der Waals surface area contributed by atoms with Crippen LogP contribution in [0.3, 0.4) is 0 Å². The van der Waals surface area contributed by atoms with Crippen LogP contribution in [0, 0.1) is 24.6 Å². The Morgan fingerprint density at radius 2 is 1.97 bits per heavy atom. The van der Waals surface area contributed by atoms with Crippen molar-refractivity contribution in [3.8, 4) is 11.8 Å². The molecule has 2 saturated heterocycles. The van der Waals surface area contributed by atoms with E-state index < -0.39 is 0 Å². The molecule has 170 valence electrons. The second-order valence-electron chi connectivity index (χ2n) is 8.79. The Bertz CT molecular complexity index is 1330. The van der Waals surface area contributed by atoms with Crippen molar-refractivity contribution in [1.29, 1.82) is 0 Å². The van der Waals surface area contributed by atoms with Gasteiger partial charge in [0.15, 0.2) is 5.75 Å². The Kier molecular flexibility index (Phi) is 4.75. The van der Waals surface area contributed by atoms with Crippen LogP contribution in [-0.2, 0) is 0 Å². The zero-order valence-corrected chi connectivity index (χ0v) is 18.5. The van der Waals surface area contributed by atoms with E-state index in [0.29, 0.717) is 34.7 Å². The van der Waals surface area contributed by atoms with Gasteiger partial charge in [-0.05, 0) is 50.4 Å². The number of hydrogen-bond acceptors (Lipinski definition) is 8. The van der Waals surface area contributed by atoms with Crippen LogP contribution in [0.4, 0.5) is 15.9 Å². The van der Waals surface area contributed by atoms with Gasteiger partial charge in [0.1, 0.15) is 23.1 Å². The van der Waals surface area contributed by atoms with Gasteiger partial charge >= 0.3 is 6.01 Å². The predicted octanol–water partition coefficient (Wildman–Crippen LogP) is 3.23. The highest BCUT2D eigenvalue weighted by Gasteiger charge is 2.34. The van der Waals surface area contributed by atoms with Crippen LogP contribution in [-0.4, -0.2) is 58.1 Å². The first kappa shape index (κ1) is 20.1. The molecule has 2 aliphatic rings. The average Bonchev–Trinajstić information content (AvgIpc) is 3.38. The van der Waals surface area contributed by atoms with Gasteiger partial charge in [0.05, 0.1) is 29.0 Å². The molecule has 33 heavy (non-hydrogen) atoms. The third-order valence-corrected chi connectivity index (χ3v) is 6.72. The zero-order valence-electron chi connectivity index (χ0n) is 18.5. The summed E-state index contributed by atoms with van der Waals surface area (Å²) in [4.78, 5) is 23.4.